The molecule has 1 aliphatic rings. The number of hydrogen-bond acceptors (Lipinski definition) is 2. The Kier molecular flexibility index (Phi) is 3.34. The highest BCUT2D eigenvalue weighted by Gasteiger charge is 2.23. The van der Waals surface area contributed by atoms with Crippen LogP contribution in [0.2, 0.25) is 0 Å². The van der Waals surface area contributed by atoms with E-state index in [4.69, 9.17) is 4.84 Å². The molecule has 1 aliphatic heterocycles. The summed E-state index contributed by atoms with van der Waals surface area (Å²) in [6.45, 7) is 0. The first kappa shape index (κ1) is 12.4. The maximum atomic E-state index is 12.9. The normalized spacial score (nSPS) is 18.0. The monoisotopic (exact) mass is 319 g/mol. The molecule has 2 nitrogen and oxygen atoms in total. The molecule has 0 saturated heterocycles. The summed E-state index contributed by atoms with van der Waals surface area (Å²) in [6, 6.07) is 14.3. The van der Waals surface area contributed by atoms with E-state index in [1.807, 2.05) is 24.3 Å². The molecule has 0 aromatic heterocycles. The van der Waals surface area contributed by atoms with Crippen LogP contribution in [0.4, 0.5) is 4.39 Å². The van der Waals surface area contributed by atoms with E-state index in [0.29, 0.717) is 6.42 Å². The molecule has 0 fully saturated rings. The van der Waals surface area contributed by atoms with Gasteiger partial charge in [-0.15, -0.1) is 0 Å². The van der Waals surface area contributed by atoms with Crippen LogP contribution in [-0.4, -0.2) is 5.71 Å². The van der Waals surface area contributed by atoms with Crippen LogP contribution in [0.3, 0.4) is 0 Å². The second-order valence-corrected chi connectivity index (χ2v) is 5.31. The zero-order valence-electron chi connectivity index (χ0n) is 10.0. The number of rotatable bonds is 2. The van der Waals surface area contributed by atoms with Crippen molar-refractivity contribution in [1.82, 2.24) is 0 Å². The highest BCUT2D eigenvalue weighted by molar-refractivity contribution is 9.10. The fourth-order valence-corrected chi connectivity index (χ4v) is 2.49. The van der Waals surface area contributed by atoms with Crippen molar-refractivity contribution in [1.29, 1.82) is 0 Å². The average molecular weight is 320 g/mol. The number of benzene rings is 2. The molecule has 0 N–H and O–H groups in total. The molecule has 19 heavy (non-hydrogen) atoms. The molecule has 1 unspecified atom stereocenters. The first-order valence-corrected chi connectivity index (χ1v) is 6.76. The van der Waals surface area contributed by atoms with Gasteiger partial charge in [0, 0.05) is 10.9 Å². The van der Waals surface area contributed by atoms with Gasteiger partial charge in [0.1, 0.15) is 5.82 Å². The third kappa shape index (κ3) is 2.68. The minimum Gasteiger partial charge on any atom is -0.387 e. The molecule has 2 aromatic rings. The second-order valence-electron chi connectivity index (χ2n) is 4.40. The Hall–Kier alpha value is -1.68. The zero-order chi connectivity index (χ0) is 13.2. The molecule has 4 heteroatoms. The minimum atomic E-state index is -0.244. The molecule has 1 heterocycles. The Labute approximate surface area is 119 Å². The first-order valence-electron chi connectivity index (χ1n) is 5.96. The standard InChI is InChI=1S/C15H11BrFNO/c16-12-3-1-2-11(8-12)15-9-14(18-19-15)10-4-6-13(17)7-5-10/h1-8,15H,9H2. The van der Waals surface area contributed by atoms with Crippen LogP contribution in [0.5, 0.6) is 0 Å². The van der Waals surface area contributed by atoms with Gasteiger partial charge in [-0.25, -0.2) is 4.39 Å². The summed E-state index contributed by atoms with van der Waals surface area (Å²) in [5.74, 6) is -0.244. The van der Waals surface area contributed by atoms with E-state index in [9.17, 15) is 4.39 Å². The molecule has 0 aliphatic carbocycles. The fourth-order valence-electron chi connectivity index (χ4n) is 2.08. The summed E-state index contributed by atoms with van der Waals surface area (Å²) < 4.78 is 13.9. The molecular formula is C15H11BrFNO. The maximum absolute atomic E-state index is 12.9. The van der Waals surface area contributed by atoms with Crippen molar-refractivity contribution in [3.8, 4) is 0 Å². The molecule has 0 radical (unpaired) electrons. The van der Waals surface area contributed by atoms with Crippen molar-refractivity contribution in [2.75, 3.05) is 0 Å². The highest BCUT2D eigenvalue weighted by atomic mass is 79.9. The number of nitrogens with zero attached hydrogens (tertiary/aromatic N) is 1. The lowest BCUT2D eigenvalue weighted by Crippen LogP contribution is -2.01. The summed E-state index contributed by atoms with van der Waals surface area (Å²) in [4.78, 5) is 5.46. The summed E-state index contributed by atoms with van der Waals surface area (Å²) >= 11 is 3.44. The van der Waals surface area contributed by atoms with Crippen LogP contribution >= 0.6 is 15.9 Å². The number of hydrogen-bond donors (Lipinski definition) is 0. The lowest BCUT2D eigenvalue weighted by molar-refractivity contribution is 0.0857. The predicted molar refractivity (Wildman–Crippen MR) is 75.5 cm³/mol. The van der Waals surface area contributed by atoms with Gasteiger partial charge in [-0.3, -0.25) is 0 Å². The van der Waals surface area contributed by atoms with Gasteiger partial charge in [0.2, 0.25) is 0 Å². The Morgan fingerprint density at radius 2 is 1.95 bits per heavy atom. The van der Waals surface area contributed by atoms with Crippen LogP contribution in [0.15, 0.2) is 58.2 Å². The molecule has 0 spiro atoms. The molecule has 3 rings (SSSR count). The third-order valence-corrected chi connectivity index (χ3v) is 3.56. The number of halogens is 2. The van der Waals surface area contributed by atoms with E-state index < -0.39 is 0 Å². The Morgan fingerprint density at radius 3 is 2.68 bits per heavy atom. The van der Waals surface area contributed by atoms with Gasteiger partial charge in [0.25, 0.3) is 0 Å². The van der Waals surface area contributed by atoms with Crippen molar-refractivity contribution in [2.45, 2.75) is 12.5 Å². The van der Waals surface area contributed by atoms with E-state index in [0.717, 1.165) is 21.3 Å². The Morgan fingerprint density at radius 1 is 1.16 bits per heavy atom. The van der Waals surface area contributed by atoms with Crippen LogP contribution < -0.4 is 0 Å². The topological polar surface area (TPSA) is 21.6 Å². The Balaban J connectivity index is 1.78. The van der Waals surface area contributed by atoms with Crippen LogP contribution in [0.25, 0.3) is 0 Å². The minimum absolute atomic E-state index is 0.0717. The van der Waals surface area contributed by atoms with Gasteiger partial charge in [-0.1, -0.05) is 45.4 Å². The summed E-state index contributed by atoms with van der Waals surface area (Å²) in [5.41, 5.74) is 2.83. The zero-order valence-corrected chi connectivity index (χ0v) is 11.6. The molecule has 0 saturated carbocycles. The predicted octanol–water partition coefficient (Wildman–Crippen LogP) is 4.45. The summed E-state index contributed by atoms with van der Waals surface area (Å²) in [5, 5.41) is 4.10. The van der Waals surface area contributed by atoms with E-state index >= 15 is 0 Å². The van der Waals surface area contributed by atoms with Crippen LogP contribution in [0.1, 0.15) is 23.7 Å². The molecule has 0 bridgehead atoms. The molecular weight excluding hydrogens is 309 g/mol. The van der Waals surface area contributed by atoms with Crippen molar-refractivity contribution < 1.29 is 9.23 Å². The van der Waals surface area contributed by atoms with Crippen molar-refractivity contribution >= 4 is 21.6 Å². The molecule has 0 amide bonds. The van der Waals surface area contributed by atoms with Gasteiger partial charge in [0.05, 0.1) is 5.71 Å². The van der Waals surface area contributed by atoms with Crippen molar-refractivity contribution in [2.24, 2.45) is 5.16 Å². The van der Waals surface area contributed by atoms with Gasteiger partial charge in [-0.05, 0) is 35.4 Å². The van der Waals surface area contributed by atoms with Gasteiger partial charge in [-0.2, -0.15) is 0 Å². The molecule has 96 valence electrons. The summed E-state index contributed by atoms with van der Waals surface area (Å²) in [6.07, 6.45) is 0.625. The Bertz CT molecular complexity index is 624. The van der Waals surface area contributed by atoms with E-state index in [-0.39, 0.29) is 11.9 Å². The fraction of sp³-hybridized carbons (Fsp3) is 0.133. The van der Waals surface area contributed by atoms with Gasteiger partial charge in [0.15, 0.2) is 6.10 Å². The molecule has 2 aromatic carbocycles. The maximum Gasteiger partial charge on any atom is 0.158 e. The van der Waals surface area contributed by atoms with Gasteiger partial charge >= 0.3 is 0 Å². The molecule has 1 atom stereocenters. The first-order chi connectivity index (χ1) is 9.22. The highest BCUT2D eigenvalue weighted by Crippen LogP contribution is 2.30. The quantitative estimate of drug-likeness (QED) is 0.801. The van der Waals surface area contributed by atoms with E-state index in [1.54, 1.807) is 12.1 Å². The summed E-state index contributed by atoms with van der Waals surface area (Å²) in [7, 11) is 0. The lowest BCUT2D eigenvalue weighted by atomic mass is 10.0. The van der Waals surface area contributed by atoms with E-state index in [2.05, 4.69) is 21.1 Å². The van der Waals surface area contributed by atoms with Crippen LogP contribution in [-0.2, 0) is 4.84 Å². The number of oxime groups is 1. The van der Waals surface area contributed by atoms with Gasteiger partial charge < -0.3 is 4.84 Å². The van der Waals surface area contributed by atoms with Crippen molar-refractivity contribution in [3.63, 3.8) is 0 Å². The lowest BCUT2D eigenvalue weighted by Gasteiger charge is -2.08. The van der Waals surface area contributed by atoms with E-state index in [1.165, 1.54) is 12.1 Å². The van der Waals surface area contributed by atoms with Crippen molar-refractivity contribution in [3.05, 3.63) is 69.9 Å². The smallest absolute Gasteiger partial charge is 0.158 e. The SMILES string of the molecule is Fc1ccc(C2=NOC(c3cccc(Br)c3)C2)cc1. The average Bonchev–Trinajstić information content (AvgIpc) is 2.89. The van der Waals surface area contributed by atoms with Crippen LogP contribution in [0, 0.1) is 5.82 Å². The second kappa shape index (κ2) is 5.13. The largest absolute Gasteiger partial charge is 0.387 e. The third-order valence-electron chi connectivity index (χ3n) is 3.07.